The molecule has 0 saturated carbocycles. The highest BCUT2D eigenvalue weighted by Gasteiger charge is 2.20. The summed E-state index contributed by atoms with van der Waals surface area (Å²) in [7, 11) is 0. The summed E-state index contributed by atoms with van der Waals surface area (Å²) in [6, 6.07) is 5.93. The number of hydrogen-bond acceptors (Lipinski definition) is 6. The van der Waals surface area contributed by atoms with Gasteiger partial charge in [-0.1, -0.05) is 16.9 Å². The zero-order chi connectivity index (χ0) is 20.6. The van der Waals surface area contributed by atoms with E-state index in [1.54, 1.807) is 0 Å². The van der Waals surface area contributed by atoms with Gasteiger partial charge in [0, 0.05) is 28.7 Å². The Kier molecular flexibility index (Phi) is 5.43. The van der Waals surface area contributed by atoms with Crippen LogP contribution >= 0.6 is 11.8 Å². The van der Waals surface area contributed by atoms with Crippen LogP contribution in [0.4, 0.5) is 0 Å². The van der Waals surface area contributed by atoms with Crippen LogP contribution in [0.1, 0.15) is 49.9 Å². The predicted octanol–water partition coefficient (Wildman–Crippen LogP) is 4.56. The second-order valence-electron chi connectivity index (χ2n) is 6.87. The average molecular weight is 395 g/mol. The van der Waals surface area contributed by atoms with Crippen LogP contribution in [-0.2, 0) is 0 Å². The number of aryl methyl sites for hydroxylation is 3. The summed E-state index contributed by atoms with van der Waals surface area (Å²) in [5.74, 6) is 1.58. The standard InChI is InChI=1S/C21H22N4O2S/c1-11-7-17(16(6)25(11)20-8-12(2)27-24-20)19(26)10-28-21-18(9-22)14(4)13(3)15(5)23-21/h7-8H,10H2,1-6H3. The second kappa shape index (κ2) is 7.64. The van der Waals surface area contributed by atoms with Gasteiger partial charge in [-0.3, -0.25) is 9.36 Å². The molecule has 3 heterocycles. The third-order valence-electron chi connectivity index (χ3n) is 4.99. The van der Waals surface area contributed by atoms with Gasteiger partial charge < -0.3 is 4.52 Å². The minimum absolute atomic E-state index is 0.00821. The monoisotopic (exact) mass is 394 g/mol. The van der Waals surface area contributed by atoms with E-state index in [1.165, 1.54) is 11.8 Å². The molecule has 0 fully saturated rings. The minimum atomic E-state index is -0.00821. The van der Waals surface area contributed by atoms with Gasteiger partial charge in [-0.05, 0) is 58.7 Å². The quantitative estimate of drug-likeness (QED) is 0.466. The van der Waals surface area contributed by atoms with Crippen molar-refractivity contribution in [2.45, 2.75) is 46.6 Å². The maximum absolute atomic E-state index is 12.9. The van der Waals surface area contributed by atoms with Gasteiger partial charge in [0.25, 0.3) is 0 Å². The lowest BCUT2D eigenvalue weighted by molar-refractivity contribution is 0.102. The van der Waals surface area contributed by atoms with Crippen molar-refractivity contribution in [2.75, 3.05) is 5.75 Å². The number of carbonyl (C=O) groups is 1. The van der Waals surface area contributed by atoms with Crippen molar-refractivity contribution >= 4 is 17.5 Å². The molecule has 3 aromatic rings. The summed E-state index contributed by atoms with van der Waals surface area (Å²) in [5.41, 5.74) is 5.74. The van der Waals surface area contributed by atoms with Crippen molar-refractivity contribution < 1.29 is 9.32 Å². The van der Waals surface area contributed by atoms with Crippen LogP contribution < -0.4 is 0 Å². The van der Waals surface area contributed by atoms with Crippen LogP contribution in [0.15, 0.2) is 21.7 Å². The Bertz CT molecular complexity index is 1120. The molecule has 0 atom stereocenters. The number of thioether (sulfide) groups is 1. The summed E-state index contributed by atoms with van der Waals surface area (Å²) in [4.78, 5) is 17.4. The fourth-order valence-corrected chi connectivity index (χ4v) is 4.18. The van der Waals surface area contributed by atoms with Gasteiger partial charge in [0.1, 0.15) is 16.9 Å². The van der Waals surface area contributed by atoms with Crippen molar-refractivity contribution in [3.8, 4) is 11.9 Å². The van der Waals surface area contributed by atoms with Crippen molar-refractivity contribution in [1.82, 2.24) is 14.7 Å². The first-order valence-corrected chi connectivity index (χ1v) is 9.89. The average Bonchev–Trinajstić information content (AvgIpc) is 3.20. The fraction of sp³-hybridized carbons (Fsp3) is 0.333. The van der Waals surface area contributed by atoms with Crippen LogP contribution in [0.5, 0.6) is 0 Å². The molecule has 0 saturated heterocycles. The Morgan fingerprint density at radius 1 is 1.18 bits per heavy atom. The normalized spacial score (nSPS) is 10.9. The molecule has 3 rings (SSSR count). The molecule has 0 aromatic carbocycles. The van der Waals surface area contributed by atoms with E-state index in [2.05, 4.69) is 16.2 Å². The molecule has 0 unspecified atom stereocenters. The first-order valence-electron chi connectivity index (χ1n) is 8.91. The van der Waals surface area contributed by atoms with Crippen molar-refractivity contribution in [3.05, 3.63) is 57.2 Å². The third-order valence-corrected chi connectivity index (χ3v) is 5.97. The molecule has 3 aromatic heterocycles. The topological polar surface area (TPSA) is 84.7 Å². The Labute approximate surface area is 168 Å². The molecule has 0 radical (unpaired) electrons. The molecule has 0 aliphatic heterocycles. The Morgan fingerprint density at radius 3 is 2.50 bits per heavy atom. The lowest BCUT2D eigenvalue weighted by Gasteiger charge is -2.11. The van der Waals surface area contributed by atoms with Gasteiger partial charge >= 0.3 is 0 Å². The Morgan fingerprint density at radius 2 is 1.89 bits per heavy atom. The summed E-state index contributed by atoms with van der Waals surface area (Å²) < 4.78 is 7.07. The Hall–Kier alpha value is -2.85. The lowest BCUT2D eigenvalue weighted by atomic mass is 10.1. The maximum Gasteiger partial charge on any atom is 0.180 e. The molecule has 0 aliphatic carbocycles. The van der Waals surface area contributed by atoms with Gasteiger partial charge in [-0.2, -0.15) is 5.26 Å². The molecule has 0 aliphatic rings. The number of hydrogen-bond donors (Lipinski definition) is 0. The van der Waals surface area contributed by atoms with E-state index in [0.29, 0.717) is 27.7 Å². The minimum Gasteiger partial charge on any atom is -0.360 e. The van der Waals surface area contributed by atoms with E-state index in [1.807, 2.05) is 58.2 Å². The van der Waals surface area contributed by atoms with E-state index in [0.717, 1.165) is 28.2 Å². The largest absolute Gasteiger partial charge is 0.360 e. The highest BCUT2D eigenvalue weighted by atomic mass is 32.2. The van der Waals surface area contributed by atoms with Crippen LogP contribution in [0.3, 0.4) is 0 Å². The molecule has 28 heavy (non-hydrogen) atoms. The van der Waals surface area contributed by atoms with Crippen molar-refractivity contribution in [3.63, 3.8) is 0 Å². The smallest absolute Gasteiger partial charge is 0.180 e. The first kappa shape index (κ1) is 19.9. The molecule has 0 amide bonds. The molecule has 0 N–H and O–H groups in total. The van der Waals surface area contributed by atoms with E-state index in [4.69, 9.17) is 4.52 Å². The predicted molar refractivity (Wildman–Crippen MR) is 108 cm³/mol. The third kappa shape index (κ3) is 3.48. The number of nitriles is 1. The number of aromatic nitrogens is 3. The fourth-order valence-electron chi connectivity index (χ4n) is 3.22. The number of pyridine rings is 1. The molecule has 7 heteroatoms. The van der Waals surface area contributed by atoms with Gasteiger partial charge in [0.2, 0.25) is 0 Å². The van der Waals surface area contributed by atoms with Crippen LogP contribution in [-0.4, -0.2) is 26.2 Å². The zero-order valence-corrected chi connectivity index (χ0v) is 17.7. The highest BCUT2D eigenvalue weighted by Crippen LogP contribution is 2.28. The first-order chi connectivity index (χ1) is 13.2. The maximum atomic E-state index is 12.9. The van der Waals surface area contributed by atoms with E-state index in [9.17, 15) is 10.1 Å². The number of Topliss-reactive ketones (excluding diaryl/α,β-unsaturated/α-hetero) is 1. The van der Waals surface area contributed by atoms with E-state index >= 15 is 0 Å². The molecule has 0 spiro atoms. The second-order valence-corrected chi connectivity index (χ2v) is 7.83. The van der Waals surface area contributed by atoms with Crippen LogP contribution in [0.2, 0.25) is 0 Å². The van der Waals surface area contributed by atoms with Gasteiger partial charge in [-0.15, -0.1) is 0 Å². The van der Waals surface area contributed by atoms with Crippen molar-refractivity contribution in [2.24, 2.45) is 0 Å². The van der Waals surface area contributed by atoms with Gasteiger partial charge in [0.15, 0.2) is 11.6 Å². The zero-order valence-electron chi connectivity index (χ0n) is 16.9. The number of carbonyl (C=O) groups excluding carboxylic acids is 1. The number of nitrogens with zero attached hydrogens (tertiary/aromatic N) is 4. The number of rotatable bonds is 5. The summed E-state index contributed by atoms with van der Waals surface area (Å²) in [6.07, 6.45) is 0. The van der Waals surface area contributed by atoms with Crippen LogP contribution in [0, 0.1) is 52.9 Å². The molecule has 0 bridgehead atoms. The van der Waals surface area contributed by atoms with Gasteiger partial charge in [-0.25, -0.2) is 4.98 Å². The SMILES string of the molecule is Cc1cc(-n2c(C)cc(C(=O)CSc3nc(C)c(C)c(C)c3C#N)c2C)no1. The lowest BCUT2D eigenvalue weighted by Crippen LogP contribution is -2.07. The summed E-state index contributed by atoms with van der Waals surface area (Å²) in [6.45, 7) is 11.5. The number of ketones is 1. The molecule has 6 nitrogen and oxygen atoms in total. The molecule has 144 valence electrons. The van der Waals surface area contributed by atoms with Crippen LogP contribution in [0.25, 0.3) is 5.82 Å². The van der Waals surface area contributed by atoms with E-state index in [-0.39, 0.29) is 11.5 Å². The molecular weight excluding hydrogens is 372 g/mol. The summed E-state index contributed by atoms with van der Waals surface area (Å²) >= 11 is 1.31. The Balaban J connectivity index is 1.87. The summed E-state index contributed by atoms with van der Waals surface area (Å²) in [5, 5.41) is 14.2. The van der Waals surface area contributed by atoms with Crippen molar-refractivity contribution in [1.29, 1.82) is 5.26 Å². The van der Waals surface area contributed by atoms with E-state index < -0.39 is 0 Å². The van der Waals surface area contributed by atoms with Gasteiger partial charge in [0.05, 0.1) is 11.3 Å². The molecular formula is C21H22N4O2S. The highest BCUT2D eigenvalue weighted by molar-refractivity contribution is 8.00.